The fourth-order valence-electron chi connectivity index (χ4n) is 4.37. The normalized spacial score (nSPS) is 16.7. The van der Waals surface area contributed by atoms with Gasteiger partial charge in [0.2, 0.25) is 0 Å². The van der Waals surface area contributed by atoms with E-state index < -0.39 is 23.5 Å². The lowest BCUT2D eigenvalue weighted by atomic mass is 9.97. The van der Waals surface area contributed by atoms with Crippen LogP contribution < -0.4 is 14.4 Å². The number of aliphatic hydroxyl groups is 1. The van der Waals surface area contributed by atoms with E-state index in [0.717, 1.165) is 5.56 Å². The molecule has 0 saturated carbocycles. The molecule has 1 saturated heterocycles. The minimum Gasteiger partial charge on any atom is -0.507 e. The highest BCUT2D eigenvalue weighted by Gasteiger charge is 2.48. The van der Waals surface area contributed by atoms with Crippen molar-refractivity contribution in [1.82, 2.24) is 0 Å². The number of hydrogen-bond donors (Lipinski definition) is 1. The molecule has 1 aliphatic rings. The molecule has 1 atom stereocenters. The number of ketones is 1. The monoisotopic (exact) mass is 515 g/mol. The Morgan fingerprint density at radius 3 is 2.32 bits per heavy atom. The molecule has 7 nitrogen and oxygen atoms in total. The third-order valence-electron chi connectivity index (χ3n) is 6.00. The van der Waals surface area contributed by atoms with Crippen LogP contribution in [0.1, 0.15) is 22.9 Å². The number of carbonyl (C=O) groups is 2. The Labute approximate surface area is 218 Å². The van der Waals surface area contributed by atoms with Crippen LogP contribution in [-0.4, -0.2) is 23.9 Å². The van der Waals surface area contributed by atoms with Crippen molar-refractivity contribution in [2.45, 2.75) is 13.0 Å². The van der Waals surface area contributed by atoms with Gasteiger partial charge in [0.1, 0.15) is 34.8 Å². The SMILES string of the molecule is COc1c(Cl)cc(C)cc1/C(O)=C1/C(=O)C(=O)N(c2ccc(Oc3ccccc3)cc2)C1c1ccco1. The van der Waals surface area contributed by atoms with Gasteiger partial charge in [-0.25, -0.2) is 0 Å². The number of furan rings is 1. The standard InChI is InChI=1S/C29H22ClNO6/c1-17-15-21(28(35-2)22(30)16-17)26(32)24-25(23-9-6-14-36-23)31(29(34)27(24)33)18-10-12-20(13-11-18)37-19-7-4-3-5-8-19/h3-16,25,32H,1-2H3/b26-24-. The molecule has 3 aromatic carbocycles. The quantitative estimate of drug-likeness (QED) is 0.175. The van der Waals surface area contributed by atoms with E-state index in [-0.39, 0.29) is 21.9 Å². The Hall–Kier alpha value is -4.49. The van der Waals surface area contributed by atoms with Gasteiger partial charge in [0.15, 0.2) is 0 Å². The summed E-state index contributed by atoms with van der Waals surface area (Å²) in [5.74, 6) is -0.355. The molecule has 0 bridgehead atoms. The van der Waals surface area contributed by atoms with Crippen LogP contribution in [0, 0.1) is 6.92 Å². The largest absolute Gasteiger partial charge is 0.507 e. The molecule has 1 N–H and O–H groups in total. The number of amides is 1. The Morgan fingerprint density at radius 2 is 1.68 bits per heavy atom. The first-order valence-electron chi connectivity index (χ1n) is 11.4. The molecule has 186 valence electrons. The summed E-state index contributed by atoms with van der Waals surface area (Å²) in [6.07, 6.45) is 1.44. The number of anilines is 1. The van der Waals surface area contributed by atoms with Crippen LogP contribution in [0.4, 0.5) is 5.69 Å². The van der Waals surface area contributed by atoms with Crippen molar-refractivity contribution < 1.29 is 28.6 Å². The van der Waals surface area contributed by atoms with Gasteiger partial charge in [0, 0.05) is 5.69 Å². The topological polar surface area (TPSA) is 89.2 Å². The average molecular weight is 516 g/mol. The van der Waals surface area contributed by atoms with Crippen LogP contribution >= 0.6 is 11.6 Å². The van der Waals surface area contributed by atoms with Crippen molar-refractivity contribution in [2.24, 2.45) is 0 Å². The van der Waals surface area contributed by atoms with Crippen LogP contribution in [0.5, 0.6) is 17.2 Å². The van der Waals surface area contributed by atoms with Crippen LogP contribution in [0.25, 0.3) is 5.76 Å². The van der Waals surface area contributed by atoms with Gasteiger partial charge >= 0.3 is 0 Å². The number of para-hydroxylation sites is 1. The molecule has 1 aromatic heterocycles. The van der Waals surface area contributed by atoms with E-state index in [1.807, 2.05) is 30.3 Å². The fourth-order valence-corrected chi connectivity index (χ4v) is 4.72. The molecule has 37 heavy (non-hydrogen) atoms. The lowest BCUT2D eigenvalue weighted by molar-refractivity contribution is -0.132. The van der Waals surface area contributed by atoms with Crippen molar-refractivity contribution in [3.8, 4) is 17.2 Å². The summed E-state index contributed by atoms with van der Waals surface area (Å²) in [6.45, 7) is 1.80. The number of hydrogen-bond acceptors (Lipinski definition) is 6. The number of ether oxygens (including phenoxy) is 2. The molecule has 0 aliphatic carbocycles. The molecular weight excluding hydrogens is 494 g/mol. The molecule has 1 aliphatic heterocycles. The second-order valence-electron chi connectivity index (χ2n) is 8.42. The summed E-state index contributed by atoms with van der Waals surface area (Å²) in [6, 6.07) is 21.6. The molecule has 1 unspecified atom stereocenters. The van der Waals surface area contributed by atoms with Gasteiger partial charge in [-0.05, 0) is 73.2 Å². The number of aryl methyl sites for hydroxylation is 1. The molecule has 4 aromatic rings. The van der Waals surface area contributed by atoms with Gasteiger partial charge in [-0.15, -0.1) is 0 Å². The number of carbonyl (C=O) groups excluding carboxylic acids is 2. The zero-order valence-corrected chi connectivity index (χ0v) is 20.7. The highest BCUT2D eigenvalue weighted by atomic mass is 35.5. The molecule has 0 spiro atoms. The third kappa shape index (κ3) is 4.45. The number of halogens is 1. The van der Waals surface area contributed by atoms with E-state index in [2.05, 4.69) is 0 Å². The molecule has 0 radical (unpaired) electrons. The highest BCUT2D eigenvalue weighted by Crippen LogP contribution is 2.45. The van der Waals surface area contributed by atoms with Crippen LogP contribution in [0.2, 0.25) is 5.02 Å². The van der Waals surface area contributed by atoms with Crippen molar-refractivity contribution in [3.63, 3.8) is 0 Å². The van der Waals surface area contributed by atoms with Gasteiger partial charge in [0.05, 0.1) is 29.5 Å². The Morgan fingerprint density at radius 1 is 0.973 bits per heavy atom. The smallest absolute Gasteiger partial charge is 0.300 e. The number of methoxy groups -OCH3 is 1. The van der Waals surface area contributed by atoms with Crippen LogP contribution in [-0.2, 0) is 9.59 Å². The second kappa shape index (κ2) is 9.87. The van der Waals surface area contributed by atoms with Gasteiger partial charge in [-0.3, -0.25) is 14.5 Å². The average Bonchev–Trinajstić information content (AvgIpc) is 3.51. The van der Waals surface area contributed by atoms with E-state index in [1.54, 1.807) is 55.5 Å². The number of rotatable bonds is 6. The summed E-state index contributed by atoms with van der Waals surface area (Å²) in [5.41, 5.74) is 1.24. The zero-order chi connectivity index (χ0) is 26.1. The molecule has 2 heterocycles. The zero-order valence-electron chi connectivity index (χ0n) is 20.0. The van der Waals surface area contributed by atoms with Crippen molar-refractivity contribution in [3.05, 3.63) is 113 Å². The summed E-state index contributed by atoms with van der Waals surface area (Å²) in [4.78, 5) is 28.0. The van der Waals surface area contributed by atoms with E-state index in [9.17, 15) is 14.7 Å². The fraction of sp³-hybridized carbons (Fsp3) is 0.103. The van der Waals surface area contributed by atoms with Crippen LogP contribution in [0.3, 0.4) is 0 Å². The summed E-state index contributed by atoms with van der Waals surface area (Å²) in [5, 5.41) is 11.7. The number of aliphatic hydroxyl groups excluding tert-OH is 1. The summed E-state index contributed by atoms with van der Waals surface area (Å²) < 4.78 is 16.9. The van der Waals surface area contributed by atoms with E-state index in [1.165, 1.54) is 18.3 Å². The maximum atomic E-state index is 13.3. The summed E-state index contributed by atoms with van der Waals surface area (Å²) >= 11 is 6.33. The first-order chi connectivity index (χ1) is 17.9. The predicted molar refractivity (Wildman–Crippen MR) is 139 cm³/mol. The lowest BCUT2D eigenvalue weighted by Gasteiger charge is -2.23. The van der Waals surface area contributed by atoms with Gasteiger partial charge in [-0.1, -0.05) is 29.8 Å². The van der Waals surface area contributed by atoms with Gasteiger partial charge < -0.3 is 19.0 Å². The lowest BCUT2D eigenvalue weighted by Crippen LogP contribution is -2.29. The van der Waals surface area contributed by atoms with E-state index >= 15 is 0 Å². The minimum atomic E-state index is -1.01. The minimum absolute atomic E-state index is 0.135. The number of nitrogens with zero attached hydrogens (tertiary/aromatic N) is 1. The third-order valence-corrected chi connectivity index (χ3v) is 6.28. The Balaban J connectivity index is 1.60. The van der Waals surface area contributed by atoms with Crippen molar-refractivity contribution in [2.75, 3.05) is 12.0 Å². The second-order valence-corrected chi connectivity index (χ2v) is 8.83. The molecular formula is C29H22ClNO6. The van der Waals surface area contributed by atoms with Crippen LogP contribution in [0.15, 0.2) is 95.1 Å². The van der Waals surface area contributed by atoms with Crippen molar-refractivity contribution >= 4 is 34.7 Å². The van der Waals surface area contributed by atoms with Crippen molar-refractivity contribution in [1.29, 1.82) is 0 Å². The molecule has 8 heteroatoms. The highest BCUT2D eigenvalue weighted by molar-refractivity contribution is 6.51. The first kappa shape index (κ1) is 24.2. The summed E-state index contributed by atoms with van der Waals surface area (Å²) in [7, 11) is 1.41. The van der Waals surface area contributed by atoms with Gasteiger partial charge in [0.25, 0.3) is 11.7 Å². The van der Waals surface area contributed by atoms with E-state index in [0.29, 0.717) is 22.9 Å². The number of Topliss-reactive ketones (excluding diaryl/α,β-unsaturated/α-hetero) is 1. The molecule has 5 rings (SSSR count). The Kier molecular flexibility index (Phi) is 6.46. The predicted octanol–water partition coefficient (Wildman–Crippen LogP) is 6.67. The number of benzene rings is 3. The van der Waals surface area contributed by atoms with E-state index in [4.69, 9.17) is 25.5 Å². The maximum absolute atomic E-state index is 13.3. The molecule has 1 amide bonds. The maximum Gasteiger partial charge on any atom is 0.300 e. The van der Waals surface area contributed by atoms with Gasteiger partial charge in [-0.2, -0.15) is 0 Å². The first-order valence-corrected chi connectivity index (χ1v) is 11.8. The molecule has 1 fully saturated rings. The Bertz CT molecular complexity index is 1490.